The smallest absolute Gasteiger partial charge is 0.323 e. The molecule has 2 atom stereocenters. The number of hydrogen-bond acceptors (Lipinski definition) is 4. The average molecular weight is 229 g/mol. The lowest BCUT2D eigenvalue weighted by atomic mass is 10.1. The van der Waals surface area contributed by atoms with Crippen molar-refractivity contribution in [3.8, 4) is 0 Å². The van der Waals surface area contributed by atoms with E-state index in [1.54, 1.807) is 0 Å². The van der Waals surface area contributed by atoms with Crippen molar-refractivity contribution in [3.63, 3.8) is 0 Å². The number of nitrogens with zero attached hydrogens (tertiary/aromatic N) is 1. The number of esters is 1. The van der Waals surface area contributed by atoms with Crippen molar-refractivity contribution in [2.75, 3.05) is 26.0 Å². The summed E-state index contributed by atoms with van der Waals surface area (Å²) in [7, 11) is 1.50. The van der Waals surface area contributed by atoms with Crippen molar-refractivity contribution in [1.82, 2.24) is 4.90 Å². The van der Waals surface area contributed by atoms with Crippen LogP contribution in [-0.2, 0) is 9.53 Å². The second kappa shape index (κ2) is 4.74. The summed E-state index contributed by atoms with van der Waals surface area (Å²) in [6.45, 7) is 4.30. The third kappa shape index (κ3) is 2.67. The Morgan fingerprint density at radius 3 is 2.80 bits per heavy atom. The van der Waals surface area contributed by atoms with E-state index in [1.807, 2.05) is 11.8 Å². The Bertz CT molecular complexity index is 243. The van der Waals surface area contributed by atoms with Gasteiger partial charge in [-0.05, 0) is 18.8 Å². The molecule has 0 radical (unpaired) electrons. The topological polar surface area (TPSA) is 29.5 Å². The lowest BCUT2D eigenvalue weighted by Gasteiger charge is -2.35. The van der Waals surface area contributed by atoms with Crippen molar-refractivity contribution in [3.05, 3.63) is 0 Å². The number of rotatable bonds is 3. The lowest BCUT2D eigenvalue weighted by molar-refractivity contribution is -0.147. The highest BCUT2D eigenvalue weighted by Gasteiger charge is 2.41. The van der Waals surface area contributed by atoms with Crippen LogP contribution in [0.5, 0.6) is 0 Å². The van der Waals surface area contributed by atoms with Gasteiger partial charge >= 0.3 is 5.97 Å². The van der Waals surface area contributed by atoms with Gasteiger partial charge in [-0.2, -0.15) is 11.8 Å². The van der Waals surface area contributed by atoms with E-state index in [-0.39, 0.29) is 12.0 Å². The monoisotopic (exact) mass is 229 g/mol. The van der Waals surface area contributed by atoms with E-state index in [9.17, 15) is 4.79 Å². The van der Waals surface area contributed by atoms with Gasteiger partial charge in [0, 0.05) is 24.1 Å². The van der Waals surface area contributed by atoms with Crippen LogP contribution in [0.2, 0.25) is 0 Å². The second-order valence-corrected chi connectivity index (χ2v) is 6.03. The number of hydrogen-bond donors (Lipinski definition) is 0. The van der Waals surface area contributed by atoms with E-state index in [4.69, 9.17) is 4.74 Å². The summed E-state index contributed by atoms with van der Waals surface area (Å²) in [5.41, 5.74) is 0. The molecule has 2 fully saturated rings. The highest BCUT2D eigenvalue weighted by molar-refractivity contribution is 7.99. The van der Waals surface area contributed by atoms with Gasteiger partial charge in [0.15, 0.2) is 0 Å². The molecule has 15 heavy (non-hydrogen) atoms. The SMILES string of the molecule is COC(=O)C(C1CC1)N1CCSC(C)C1. The minimum atomic E-state index is -0.0309. The molecule has 2 aliphatic rings. The fourth-order valence-electron chi connectivity index (χ4n) is 2.27. The Kier molecular flexibility index (Phi) is 3.57. The Morgan fingerprint density at radius 2 is 2.27 bits per heavy atom. The highest BCUT2D eigenvalue weighted by Crippen LogP contribution is 2.37. The van der Waals surface area contributed by atoms with Crippen LogP contribution in [0.15, 0.2) is 0 Å². The predicted octanol–water partition coefficient (Wildman–Crippen LogP) is 1.38. The van der Waals surface area contributed by atoms with Gasteiger partial charge in [0.2, 0.25) is 0 Å². The average Bonchev–Trinajstić information content (AvgIpc) is 3.02. The van der Waals surface area contributed by atoms with Crippen LogP contribution < -0.4 is 0 Å². The van der Waals surface area contributed by atoms with E-state index >= 15 is 0 Å². The van der Waals surface area contributed by atoms with Crippen LogP contribution in [0, 0.1) is 5.92 Å². The Hall–Kier alpha value is -0.220. The van der Waals surface area contributed by atoms with Crippen molar-refractivity contribution in [1.29, 1.82) is 0 Å². The van der Waals surface area contributed by atoms with Gasteiger partial charge in [-0.3, -0.25) is 9.69 Å². The van der Waals surface area contributed by atoms with Gasteiger partial charge in [-0.25, -0.2) is 0 Å². The fourth-order valence-corrected chi connectivity index (χ4v) is 3.31. The van der Waals surface area contributed by atoms with Crippen molar-refractivity contribution in [2.45, 2.75) is 31.1 Å². The maximum atomic E-state index is 11.7. The quantitative estimate of drug-likeness (QED) is 0.684. The summed E-state index contributed by atoms with van der Waals surface area (Å²) >= 11 is 2.00. The maximum absolute atomic E-state index is 11.7. The van der Waals surface area contributed by atoms with Gasteiger partial charge < -0.3 is 4.74 Å². The van der Waals surface area contributed by atoms with Crippen LogP contribution in [-0.4, -0.2) is 48.1 Å². The summed E-state index contributed by atoms with van der Waals surface area (Å²) < 4.78 is 4.91. The predicted molar refractivity (Wildman–Crippen MR) is 62.0 cm³/mol. The first kappa shape index (κ1) is 11.3. The first-order chi connectivity index (χ1) is 7.22. The molecule has 1 heterocycles. The first-order valence-electron chi connectivity index (χ1n) is 5.66. The van der Waals surface area contributed by atoms with Crippen LogP contribution >= 0.6 is 11.8 Å². The molecule has 2 rings (SSSR count). The Morgan fingerprint density at radius 1 is 1.53 bits per heavy atom. The van der Waals surface area contributed by atoms with E-state index in [0.717, 1.165) is 18.8 Å². The second-order valence-electron chi connectivity index (χ2n) is 4.48. The zero-order valence-electron chi connectivity index (χ0n) is 9.44. The summed E-state index contributed by atoms with van der Waals surface area (Å²) in [5, 5.41) is 0.643. The number of ether oxygens (including phenoxy) is 1. The first-order valence-corrected chi connectivity index (χ1v) is 6.70. The molecule has 1 saturated carbocycles. The molecule has 0 aromatic heterocycles. The van der Waals surface area contributed by atoms with Gasteiger partial charge in [0.1, 0.15) is 6.04 Å². The van der Waals surface area contributed by atoms with E-state index in [1.165, 1.54) is 20.0 Å². The molecule has 2 unspecified atom stereocenters. The minimum absolute atomic E-state index is 0.0309. The van der Waals surface area contributed by atoms with Crippen LogP contribution in [0.3, 0.4) is 0 Å². The Labute approximate surface area is 95.5 Å². The maximum Gasteiger partial charge on any atom is 0.323 e. The normalized spacial score (nSPS) is 29.9. The van der Waals surface area contributed by atoms with Gasteiger partial charge in [0.25, 0.3) is 0 Å². The molecule has 1 aliphatic carbocycles. The molecule has 4 heteroatoms. The number of carbonyl (C=O) groups is 1. The summed E-state index contributed by atoms with van der Waals surface area (Å²) in [6, 6.07) is 0.0401. The molecule has 3 nitrogen and oxygen atoms in total. The molecule has 0 amide bonds. The molecule has 0 aromatic carbocycles. The molecular formula is C11H19NO2S. The zero-order chi connectivity index (χ0) is 10.8. The molecule has 1 saturated heterocycles. The van der Waals surface area contributed by atoms with Crippen LogP contribution in [0.1, 0.15) is 19.8 Å². The lowest BCUT2D eigenvalue weighted by Crippen LogP contribution is -2.49. The van der Waals surface area contributed by atoms with Crippen LogP contribution in [0.4, 0.5) is 0 Å². The third-order valence-corrected chi connectivity index (χ3v) is 4.31. The Balaban J connectivity index is 1.99. The number of carbonyl (C=O) groups excluding carboxylic acids is 1. The fraction of sp³-hybridized carbons (Fsp3) is 0.909. The molecule has 0 N–H and O–H groups in total. The van der Waals surface area contributed by atoms with E-state index < -0.39 is 0 Å². The number of methoxy groups -OCH3 is 1. The molecule has 0 spiro atoms. The minimum Gasteiger partial charge on any atom is -0.468 e. The molecular weight excluding hydrogens is 210 g/mol. The van der Waals surface area contributed by atoms with Crippen molar-refractivity contribution < 1.29 is 9.53 Å². The molecule has 86 valence electrons. The molecule has 0 bridgehead atoms. The number of thioether (sulfide) groups is 1. The van der Waals surface area contributed by atoms with Gasteiger partial charge in [-0.1, -0.05) is 6.92 Å². The van der Waals surface area contributed by atoms with E-state index in [0.29, 0.717) is 11.2 Å². The summed E-state index contributed by atoms with van der Waals surface area (Å²) in [6.07, 6.45) is 2.38. The zero-order valence-corrected chi connectivity index (χ0v) is 10.3. The largest absolute Gasteiger partial charge is 0.468 e. The standard InChI is InChI=1S/C11H19NO2S/c1-8-7-12(5-6-15-8)10(9-3-4-9)11(13)14-2/h8-10H,3-7H2,1-2H3. The third-order valence-electron chi connectivity index (χ3n) is 3.18. The summed E-state index contributed by atoms with van der Waals surface area (Å²) in [4.78, 5) is 14.1. The van der Waals surface area contributed by atoms with Gasteiger partial charge in [-0.15, -0.1) is 0 Å². The molecule has 1 aliphatic heterocycles. The molecule has 0 aromatic rings. The van der Waals surface area contributed by atoms with Gasteiger partial charge in [0.05, 0.1) is 7.11 Å². The highest BCUT2D eigenvalue weighted by atomic mass is 32.2. The van der Waals surface area contributed by atoms with E-state index in [2.05, 4.69) is 11.8 Å². The van der Waals surface area contributed by atoms with Crippen molar-refractivity contribution in [2.24, 2.45) is 5.92 Å². The van der Waals surface area contributed by atoms with Crippen molar-refractivity contribution >= 4 is 17.7 Å². The van der Waals surface area contributed by atoms with Crippen LogP contribution in [0.25, 0.3) is 0 Å². The summed E-state index contributed by atoms with van der Waals surface area (Å²) in [5.74, 6) is 1.67.